The van der Waals surface area contributed by atoms with Crippen molar-refractivity contribution in [3.8, 4) is 6.07 Å². The Balaban J connectivity index is 2.17. The molecule has 0 aliphatic carbocycles. The number of hydrogen-bond acceptors (Lipinski definition) is 3. The zero-order chi connectivity index (χ0) is 11.6. The summed E-state index contributed by atoms with van der Waals surface area (Å²) >= 11 is 0. The van der Waals surface area contributed by atoms with Gasteiger partial charge in [0.15, 0.2) is 0 Å². The van der Waals surface area contributed by atoms with Crippen LogP contribution >= 0.6 is 0 Å². The highest BCUT2D eigenvalue weighted by Gasteiger charge is 2.01. The number of unbranched alkanes of at least 4 members (excludes halogenated alkanes) is 1. The second-order valence-electron chi connectivity index (χ2n) is 3.74. The molecule has 3 nitrogen and oxygen atoms in total. The van der Waals surface area contributed by atoms with Crippen molar-refractivity contribution in [1.29, 1.82) is 5.26 Å². The van der Waals surface area contributed by atoms with Crippen LogP contribution in [0.1, 0.15) is 37.7 Å². The number of furan rings is 1. The van der Waals surface area contributed by atoms with Crippen molar-refractivity contribution in [3.05, 3.63) is 23.7 Å². The maximum atomic E-state index is 8.45. The lowest BCUT2D eigenvalue weighted by molar-refractivity contribution is 0.130. The van der Waals surface area contributed by atoms with Crippen molar-refractivity contribution in [2.24, 2.45) is 0 Å². The predicted molar refractivity (Wildman–Crippen MR) is 62.1 cm³/mol. The molecule has 0 atom stereocenters. The van der Waals surface area contributed by atoms with Gasteiger partial charge in [0.25, 0.3) is 0 Å². The fraction of sp³-hybridized carbons (Fsp3) is 0.615. The van der Waals surface area contributed by atoms with E-state index in [0.29, 0.717) is 19.4 Å². The second kappa shape index (κ2) is 7.95. The second-order valence-corrected chi connectivity index (χ2v) is 3.74. The Morgan fingerprint density at radius 2 is 2.00 bits per heavy atom. The molecule has 0 saturated heterocycles. The summed E-state index contributed by atoms with van der Waals surface area (Å²) in [5.74, 6) is 1.84. The molecule has 0 N–H and O–H groups in total. The first kappa shape index (κ1) is 12.8. The van der Waals surface area contributed by atoms with Crippen LogP contribution in [0.2, 0.25) is 0 Å². The molecule has 1 aromatic heterocycles. The molecule has 0 amide bonds. The van der Waals surface area contributed by atoms with Gasteiger partial charge in [0.2, 0.25) is 0 Å². The summed E-state index contributed by atoms with van der Waals surface area (Å²) in [6, 6.07) is 6.02. The Kier molecular flexibility index (Phi) is 6.36. The number of rotatable bonds is 8. The maximum Gasteiger partial charge on any atom is 0.106 e. The normalized spacial score (nSPS) is 10.2. The minimum absolute atomic E-state index is 0.514. The molecule has 0 aromatic carbocycles. The van der Waals surface area contributed by atoms with E-state index in [2.05, 4.69) is 13.0 Å². The van der Waals surface area contributed by atoms with E-state index in [0.717, 1.165) is 31.0 Å². The highest BCUT2D eigenvalue weighted by atomic mass is 16.5. The zero-order valence-corrected chi connectivity index (χ0v) is 9.87. The molecule has 0 aliphatic heterocycles. The monoisotopic (exact) mass is 221 g/mol. The van der Waals surface area contributed by atoms with Crippen LogP contribution in [0.3, 0.4) is 0 Å². The molecular weight excluding hydrogens is 202 g/mol. The predicted octanol–water partition coefficient (Wildman–Crippen LogP) is 3.09. The highest BCUT2D eigenvalue weighted by Crippen LogP contribution is 2.10. The fourth-order valence-corrected chi connectivity index (χ4v) is 1.39. The first-order valence-electron chi connectivity index (χ1n) is 5.89. The van der Waals surface area contributed by atoms with Crippen molar-refractivity contribution in [1.82, 2.24) is 0 Å². The summed E-state index contributed by atoms with van der Waals surface area (Å²) in [5.41, 5.74) is 0. The van der Waals surface area contributed by atoms with E-state index < -0.39 is 0 Å². The van der Waals surface area contributed by atoms with Gasteiger partial charge in [-0.2, -0.15) is 5.26 Å². The minimum Gasteiger partial charge on any atom is -0.466 e. The van der Waals surface area contributed by atoms with Crippen LogP contribution < -0.4 is 0 Å². The summed E-state index contributed by atoms with van der Waals surface area (Å²) in [7, 11) is 0. The van der Waals surface area contributed by atoms with Gasteiger partial charge in [-0.3, -0.25) is 0 Å². The third-order valence-electron chi connectivity index (χ3n) is 2.34. The van der Waals surface area contributed by atoms with E-state index in [1.165, 1.54) is 6.42 Å². The molecule has 88 valence electrons. The Labute approximate surface area is 97.0 Å². The average Bonchev–Trinajstić information content (AvgIpc) is 2.74. The molecule has 0 bridgehead atoms. The Morgan fingerprint density at radius 3 is 2.69 bits per heavy atom. The summed E-state index contributed by atoms with van der Waals surface area (Å²) in [4.78, 5) is 0. The van der Waals surface area contributed by atoms with E-state index in [4.69, 9.17) is 14.4 Å². The third kappa shape index (κ3) is 4.99. The first-order valence-corrected chi connectivity index (χ1v) is 5.89. The van der Waals surface area contributed by atoms with Gasteiger partial charge < -0.3 is 9.15 Å². The molecule has 0 spiro atoms. The lowest BCUT2D eigenvalue weighted by Gasteiger charge is -2.00. The van der Waals surface area contributed by atoms with Crippen molar-refractivity contribution >= 4 is 0 Å². The van der Waals surface area contributed by atoms with Gasteiger partial charge in [-0.05, 0) is 18.6 Å². The topological polar surface area (TPSA) is 46.2 Å². The van der Waals surface area contributed by atoms with Gasteiger partial charge in [-0.15, -0.1) is 0 Å². The molecule has 0 unspecified atom stereocenters. The van der Waals surface area contributed by atoms with Gasteiger partial charge >= 0.3 is 0 Å². The van der Waals surface area contributed by atoms with E-state index >= 15 is 0 Å². The lowest BCUT2D eigenvalue weighted by atomic mass is 10.3. The fourth-order valence-electron chi connectivity index (χ4n) is 1.39. The summed E-state index contributed by atoms with van der Waals surface area (Å²) < 4.78 is 11.0. The molecule has 0 aliphatic rings. The Hall–Kier alpha value is -1.27. The molecule has 1 rings (SSSR count). The van der Waals surface area contributed by atoms with E-state index in [1.54, 1.807) is 0 Å². The Morgan fingerprint density at radius 1 is 1.25 bits per heavy atom. The number of nitrogens with zero attached hydrogens (tertiary/aromatic N) is 1. The molecule has 1 aromatic rings. The Bertz CT molecular complexity index is 325. The van der Waals surface area contributed by atoms with Crippen LogP contribution in [0.5, 0.6) is 0 Å². The SMILES string of the molecule is CCCCOCCc1ccc(CCC#N)o1. The summed E-state index contributed by atoms with van der Waals surface area (Å²) in [5, 5.41) is 8.45. The molecule has 3 heteroatoms. The first-order chi connectivity index (χ1) is 7.86. The summed E-state index contributed by atoms with van der Waals surface area (Å²) in [6.07, 6.45) is 4.31. The van der Waals surface area contributed by atoms with Crippen LogP contribution in [-0.4, -0.2) is 13.2 Å². The molecule has 0 radical (unpaired) electrons. The van der Waals surface area contributed by atoms with E-state index in [9.17, 15) is 0 Å². The van der Waals surface area contributed by atoms with Gasteiger partial charge in [-0.1, -0.05) is 13.3 Å². The summed E-state index contributed by atoms with van der Waals surface area (Å²) in [6.45, 7) is 3.70. The van der Waals surface area contributed by atoms with E-state index in [-0.39, 0.29) is 0 Å². The van der Waals surface area contributed by atoms with Crippen LogP contribution in [0.15, 0.2) is 16.5 Å². The largest absolute Gasteiger partial charge is 0.466 e. The lowest BCUT2D eigenvalue weighted by Crippen LogP contribution is -1.99. The van der Waals surface area contributed by atoms with Crippen LogP contribution in [0.4, 0.5) is 0 Å². The molecule has 0 saturated carbocycles. The van der Waals surface area contributed by atoms with Crippen LogP contribution in [0, 0.1) is 11.3 Å². The number of ether oxygens (including phenoxy) is 1. The van der Waals surface area contributed by atoms with Crippen LogP contribution in [0.25, 0.3) is 0 Å². The molecule has 16 heavy (non-hydrogen) atoms. The number of hydrogen-bond donors (Lipinski definition) is 0. The minimum atomic E-state index is 0.514. The average molecular weight is 221 g/mol. The van der Waals surface area contributed by atoms with E-state index in [1.807, 2.05) is 12.1 Å². The van der Waals surface area contributed by atoms with Crippen LogP contribution in [-0.2, 0) is 17.6 Å². The number of aryl methyl sites for hydroxylation is 1. The van der Waals surface area contributed by atoms with Gasteiger partial charge in [0.05, 0.1) is 12.7 Å². The molecule has 0 fully saturated rings. The van der Waals surface area contributed by atoms with Crippen molar-refractivity contribution < 1.29 is 9.15 Å². The maximum absolute atomic E-state index is 8.45. The molecule has 1 heterocycles. The van der Waals surface area contributed by atoms with Gasteiger partial charge in [0, 0.05) is 25.9 Å². The quantitative estimate of drug-likeness (QED) is 0.634. The van der Waals surface area contributed by atoms with Gasteiger partial charge in [-0.25, -0.2) is 0 Å². The van der Waals surface area contributed by atoms with Crippen molar-refractivity contribution in [2.45, 2.75) is 39.0 Å². The number of nitriles is 1. The van der Waals surface area contributed by atoms with Gasteiger partial charge in [0.1, 0.15) is 11.5 Å². The smallest absolute Gasteiger partial charge is 0.106 e. The zero-order valence-electron chi connectivity index (χ0n) is 9.87. The standard InChI is InChI=1S/C13H19NO2/c1-2-3-10-15-11-8-13-7-6-12(16-13)5-4-9-14/h6-7H,2-5,8,10-11H2,1H3. The van der Waals surface area contributed by atoms with Crippen molar-refractivity contribution in [2.75, 3.05) is 13.2 Å². The third-order valence-corrected chi connectivity index (χ3v) is 2.34. The van der Waals surface area contributed by atoms with Crippen molar-refractivity contribution in [3.63, 3.8) is 0 Å². The molecular formula is C13H19NO2. The highest BCUT2D eigenvalue weighted by molar-refractivity contribution is 5.08.